The molecule has 4 nitrogen and oxygen atoms in total. The van der Waals surface area contributed by atoms with E-state index in [1.54, 1.807) is 0 Å². The average Bonchev–Trinajstić information content (AvgIpc) is 2.87. The van der Waals surface area contributed by atoms with Gasteiger partial charge in [0.2, 0.25) is 0 Å². The molecular formula is C22H27NO3. The summed E-state index contributed by atoms with van der Waals surface area (Å²) in [5.41, 5.74) is 2.68. The fraction of sp³-hybridized carbons (Fsp3) is 0.409. The maximum absolute atomic E-state index is 12.7. The van der Waals surface area contributed by atoms with E-state index >= 15 is 0 Å². The number of fused-ring (bicyclic) bond motifs is 3. The number of carbonyl (C=O) groups is 1. The molecule has 0 aliphatic rings. The van der Waals surface area contributed by atoms with Crippen LogP contribution < -0.4 is 4.74 Å². The number of benzene rings is 2. The topological polar surface area (TPSA) is 40.5 Å². The Morgan fingerprint density at radius 2 is 1.77 bits per heavy atom. The lowest BCUT2D eigenvalue weighted by Crippen LogP contribution is -2.09. The molecule has 0 amide bonds. The molecule has 0 N–H and O–H groups in total. The van der Waals surface area contributed by atoms with E-state index < -0.39 is 0 Å². The Hall–Kier alpha value is -2.49. The van der Waals surface area contributed by atoms with Gasteiger partial charge in [0.1, 0.15) is 5.75 Å². The first kappa shape index (κ1) is 18.3. The van der Waals surface area contributed by atoms with Crippen molar-refractivity contribution in [2.75, 3.05) is 13.2 Å². The van der Waals surface area contributed by atoms with Gasteiger partial charge in [-0.25, -0.2) is 4.79 Å². The Kier molecular flexibility index (Phi) is 5.21. The van der Waals surface area contributed by atoms with Crippen molar-refractivity contribution in [2.24, 2.45) is 5.92 Å². The Morgan fingerprint density at radius 1 is 1.08 bits per heavy atom. The second-order valence-corrected chi connectivity index (χ2v) is 6.93. The van der Waals surface area contributed by atoms with Gasteiger partial charge in [-0.15, -0.1) is 0 Å². The van der Waals surface area contributed by atoms with Crippen molar-refractivity contribution in [3.05, 3.63) is 41.6 Å². The first-order chi connectivity index (χ1) is 12.5. The van der Waals surface area contributed by atoms with Gasteiger partial charge in [-0.05, 0) is 32.8 Å². The standard InChI is InChI=1S/C22H27NO3/c1-6-25-19-12-18-20(22(24)26-7-2)15(5)23(13-14(3)4)21(18)17-11-9-8-10-16(17)19/h8-12,14H,6-7,13H2,1-5H3. The summed E-state index contributed by atoms with van der Waals surface area (Å²) in [6.07, 6.45) is 0. The molecule has 138 valence electrons. The minimum absolute atomic E-state index is 0.268. The molecule has 2 aromatic carbocycles. The van der Waals surface area contributed by atoms with Crippen molar-refractivity contribution in [1.82, 2.24) is 4.57 Å². The van der Waals surface area contributed by atoms with Gasteiger partial charge in [-0.2, -0.15) is 0 Å². The molecule has 0 atom stereocenters. The molecule has 4 heteroatoms. The summed E-state index contributed by atoms with van der Waals surface area (Å²) in [5, 5.41) is 3.08. The van der Waals surface area contributed by atoms with E-state index in [1.807, 2.05) is 39.0 Å². The first-order valence-corrected chi connectivity index (χ1v) is 9.34. The molecule has 26 heavy (non-hydrogen) atoms. The molecule has 0 aliphatic heterocycles. The summed E-state index contributed by atoms with van der Waals surface area (Å²) in [6, 6.07) is 10.2. The second-order valence-electron chi connectivity index (χ2n) is 6.93. The Bertz CT molecular complexity index is 953. The van der Waals surface area contributed by atoms with Crippen LogP contribution in [0.15, 0.2) is 30.3 Å². The first-order valence-electron chi connectivity index (χ1n) is 9.34. The van der Waals surface area contributed by atoms with Crippen molar-refractivity contribution < 1.29 is 14.3 Å². The molecule has 1 aromatic heterocycles. The van der Waals surface area contributed by atoms with Crippen LogP contribution in [0.4, 0.5) is 0 Å². The number of nitrogens with zero attached hydrogens (tertiary/aromatic N) is 1. The SMILES string of the molecule is CCOC(=O)c1c(C)n(CC(C)C)c2c1cc(OCC)c1ccccc12. The number of esters is 1. The summed E-state index contributed by atoms with van der Waals surface area (Å²) in [6.45, 7) is 12.0. The van der Waals surface area contributed by atoms with E-state index in [9.17, 15) is 4.79 Å². The van der Waals surface area contributed by atoms with Crippen LogP contribution in [0, 0.1) is 12.8 Å². The number of carbonyl (C=O) groups excluding carboxylic acids is 1. The lowest BCUT2D eigenvalue weighted by molar-refractivity contribution is 0.0527. The third kappa shape index (κ3) is 3.05. The number of ether oxygens (including phenoxy) is 2. The van der Waals surface area contributed by atoms with Crippen LogP contribution in [0.3, 0.4) is 0 Å². The highest BCUT2D eigenvalue weighted by atomic mass is 16.5. The van der Waals surface area contributed by atoms with Gasteiger partial charge in [-0.1, -0.05) is 38.1 Å². The van der Waals surface area contributed by atoms with Gasteiger partial charge in [0, 0.05) is 28.4 Å². The summed E-state index contributed by atoms with van der Waals surface area (Å²) in [5.74, 6) is 1.00. The van der Waals surface area contributed by atoms with Crippen LogP contribution >= 0.6 is 0 Å². The van der Waals surface area contributed by atoms with Crippen molar-refractivity contribution >= 4 is 27.6 Å². The minimum atomic E-state index is -0.268. The van der Waals surface area contributed by atoms with Gasteiger partial charge >= 0.3 is 5.97 Å². The van der Waals surface area contributed by atoms with Crippen LogP contribution in [0.1, 0.15) is 43.7 Å². The number of hydrogen-bond acceptors (Lipinski definition) is 3. The van der Waals surface area contributed by atoms with Crippen LogP contribution in [-0.2, 0) is 11.3 Å². The van der Waals surface area contributed by atoms with Crippen LogP contribution in [0.5, 0.6) is 5.75 Å². The number of rotatable bonds is 6. The molecule has 0 aliphatic carbocycles. The van der Waals surface area contributed by atoms with E-state index in [0.717, 1.165) is 39.7 Å². The maximum atomic E-state index is 12.7. The lowest BCUT2D eigenvalue weighted by Gasteiger charge is -2.14. The largest absolute Gasteiger partial charge is 0.493 e. The maximum Gasteiger partial charge on any atom is 0.340 e. The zero-order valence-electron chi connectivity index (χ0n) is 16.3. The Balaban J connectivity index is 2.44. The fourth-order valence-corrected chi connectivity index (χ4v) is 3.63. The lowest BCUT2D eigenvalue weighted by atomic mass is 10.0. The van der Waals surface area contributed by atoms with Gasteiger partial charge in [0.15, 0.2) is 0 Å². The van der Waals surface area contributed by atoms with E-state index in [4.69, 9.17) is 9.47 Å². The number of aromatic nitrogens is 1. The Labute approximate surface area is 154 Å². The van der Waals surface area contributed by atoms with Crippen molar-refractivity contribution in [1.29, 1.82) is 0 Å². The summed E-state index contributed by atoms with van der Waals surface area (Å²) >= 11 is 0. The van der Waals surface area contributed by atoms with Gasteiger partial charge in [0.05, 0.1) is 24.3 Å². The fourth-order valence-electron chi connectivity index (χ4n) is 3.63. The molecule has 3 aromatic rings. The third-order valence-corrected chi connectivity index (χ3v) is 4.61. The van der Waals surface area contributed by atoms with Crippen molar-refractivity contribution in [2.45, 2.75) is 41.2 Å². The molecule has 0 saturated heterocycles. The predicted molar refractivity (Wildman–Crippen MR) is 106 cm³/mol. The Morgan fingerprint density at radius 3 is 2.38 bits per heavy atom. The molecular weight excluding hydrogens is 326 g/mol. The molecule has 0 radical (unpaired) electrons. The average molecular weight is 353 g/mol. The third-order valence-electron chi connectivity index (χ3n) is 4.61. The van der Waals surface area contributed by atoms with Gasteiger partial charge in [-0.3, -0.25) is 0 Å². The molecule has 1 heterocycles. The van der Waals surface area contributed by atoms with Crippen molar-refractivity contribution in [3.63, 3.8) is 0 Å². The highest BCUT2D eigenvalue weighted by Gasteiger charge is 2.24. The smallest absolute Gasteiger partial charge is 0.340 e. The van der Waals surface area contributed by atoms with Crippen molar-refractivity contribution in [3.8, 4) is 5.75 Å². The second kappa shape index (κ2) is 7.40. The van der Waals surface area contributed by atoms with E-state index in [0.29, 0.717) is 24.7 Å². The molecule has 0 unspecified atom stereocenters. The van der Waals surface area contributed by atoms with E-state index in [1.165, 1.54) is 0 Å². The van der Waals surface area contributed by atoms with E-state index in [-0.39, 0.29) is 5.97 Å². The zero-order valence-corrected chi connectivity index (χ0v) is 16.3. The van der Waals surface area contributed by atoms with Crippen LogP contribution in [0.2, 0.25) is 0 Å². The quantitative estimate of drug-likeness (QED) is 0.562. The summed E-state index contributed by atoms with van der Waals surface area (Å²) in [4.78, 5) is 12.7. The minimum Gasteiger partial charge on any atom is -0.493 e. The van der Waals surface area contributed by atoms with Gasteiger partial charge in [0.25, 0.3) is 0 Å². The number of hydrogen-bond donors (Lipinski definition) is 0. The predicted octanol–water partition coefficient (Wildman–Crippen LogP) is 5.33. The molecule has 0 saturated carbocycles. The molecule has 0 bridgehead atoms. The monoisotopic (exact) mass is 353 g/mol. The van der Waals surface area contributed by atoms with Gasteiger partial charge < -0.3 is 14.0 Å². The molecule has 0 spiro atoms. The summed E-state index contributed by atoms with van der Waals surface area (Å²) < 4.78 is 13.5. The van der Waals surface area contributed by atoms with Crippen LogP contribution in [0.25, 0.3) is 21.7 Å². The molecule has 3 rings (SSSR count). The van der Waals surface area contributed by atoms with E-state index in [2.05, 4.69) is 30.5 Å². The summed E-state index contributed by atoms with van der Waals surface area (Å²) in [7, 11) is 0. The molecule has 0 fully saturated rings. The highest BCUT2D eigenvalue weighted by Crippen LogP contribution is 2.38. The highest BCUT2D eigenvalue weighted by molar-refractivity contribution is 6.16. The zero-order chi connectivity index (χ0) is 18.8. The van der Waals surface area contributed by atoms with Crippen LogP contribution in [-0.4, -0.2) is 23.8 Å². The normalized spacial score (nSPS) is 11.5.